The molecule has 0 aliphatic rings. The first-order valence-electron chi connectivity index (χ1n) is 4.64. The molecule has 0 amide bonds. The van der Waals surface area contributed by atoms with Crippen LogP contribution >= 0.6 is 11.8 Å². The molecular formula is C11H16O2S. The van der Waals surface area contributed by atoms with Crippen LogP contribution in [0.5, 0.6) is 5.75 Å². The topological polar surface area (TPSA) is 29.5 Å². The molecule has 1 unspecified atom stereocenters. The molecule has 0 aliphatic heterocycles. The van der Waals surface area contributed by atoms with Crippen molar-refractivity contribution >= 4 is 11.8 Å². The van der Waals surface area contributed by atoms with Gasteiger partial charge < -0.3 is 9.84 Å². The number of ether oxygens (including phenoxy) is 1. The smallest absolute Gasteiger partial charge is 0.119 e. The van der Waals surface area contributed by atoms with Gasteiger partial charge in [0, 0.05) is 17.3 Å². The minimum absolute atomic E-state index is 0.247. The summed E-state index contributed by atoms with van der Waals surface area (Å²) in [6.07, 6.45) is 0. The molecule has 1 atom stereocenters. The first-order chi connectivity index (χ1) is 6.76. The molecule has 1 aromatic carbocycles. The van der Waals surface area contributed by atoms with Gasteiger partial charge in [-0.05, 0) is 24.1 Å². The third-order valence-corrected chi connectivity index (χ3v) is 3.21. The molecule has 1 rings (SSSR count). The van der Waals surface area contributed by atoms with Gasteiger partial charge in [-0.3, -0.25) is 0 Å². The van der Waals surface area contributed by atoms with E-state index < -0.39 is 0 Å². The van der Waals surface area contributed by atoms with E-state index in [0.717, 1.165) is 11.5 Å². The quantitative estimate of drug-likeness (QED) is 0.760. The fourth-order valence-corrected chi connectivity index (χ4v) is 1.94. The van der Waals surface area contributed by atoms with Crippen LogP contribution in [0.4, 0.5) is 0 Å². The van der Waals surface area contributed by atoms with Crippen LogP contribution in [0.25, 0.3) is 0 Å². The molecule has 14 heavy (non-hydrogen) atoms. The van der Waals surface area contributed by atoms with Crippen molar-refractivity contribution in [3.8, 4) is 5.75 Å². The Bertz CT molecular complexity index is 276. The lowest BCUT2D eigenvalue weighted by molar-refractivity contribution is 0.250. The Morgan fingerprint density at radius 1 is 1.50 bits per heavy atom. The molecule has 3 heteroatoms. The summed E-state index contributed by atoms with van der Waals surface area (Å²) in [4.78, 5) is 1.18. The Morgan fingerprint density at radius 3 is 2.93 bits per heavy atom. The summed E-state index contributed by atoms with van der Waals surface area (Å²) in [7, 11) is 1.67. The number of benzene rings is 1. The predicted molar refractivity (Wildman–Crippen MR) is 60.0 cm³/mol. The van der Waals surface area contributed by atoms with Crippen LogP contribution < -0.4 is 4.74 Å². The van der Waals surface area contributed by atoms with Crippen LogP contribution in [0.1, 0.15) is 6.92 Å². The molecule has 2 nitrogen and oxygen atoms in total. The fourth-order valence-electron chi connectivity index (χ4n) is 0.982. The van der Waals surface area contributed by atoms with Gasteiger partial charge in [-0.2, -0.15) is 0 Å². The maximum Gasteiger partial charge on any atom is 0.119 e. The molecule has 0 bridgehead atoms. The first-order valence-corrected chi connectivity index (χ1v) is 5.62. The van der Waals surface area contributed by atoms with E-state index in [9.17, 15) is 0 Å². The number of methoxy groups -OCH3 is 1. The van der Waals surface area contributed by atoms with Crippen molar-refractivity contribution in [1.29, 1.82) is 0 Å². The van der Waals surface area contributed by atoms with E-state index in [2.05, 4.69) is 6.07 Å². The van der Waals surface area contributed by atoms with Crippen molar-refractivity contribution in [2.75, 3.05) is 19.5 Å². The van der Waals surface area contributed by atoms with Crippen molar-refractivity contribution in [3.05, 3.63) is 24.3 Å². The van der Waals surface area contributed by atoms with Gasteiger partial charge in [0.1, 0.15) is 5.75 Å². The number of rotatable bonds is 5. The summed E-state index contributed by atoms with van der Waals surface area (Å²) in [5.74, 6) is 2.15. The lowest BCUT2D eigenvalue weighted by Crippen LogP contribution is -2.02. The highest BCUT2D eigenvalue weighted by atomic mass is 32.2. The van der Waals surface area contributed by atoms with Gasteiger partial charge in [0.25, 0.3) is 0 Å². The molecule has 0 saturated carbocycles. The highest BCUT2D eigenvalue weighted by Gasteiger charge is 2.01. The highest BCUT2D eigenvalue weighted by molar-refractivity contribution is 7.99. The van der Waals surface area contributed by atoms with Crippen molar-refractivity contribution in [1.82, 2.24) is 0 Å². The van der Waals surface area contributed by atoms with Crippen LogP contribution in [-0.4, -0.2) is 24.6 Å². The second kappa shape index (κ2) is 5.94. The number of aliphatic hydroxyl groups is 1. The summed E-state index contributed by atoms with van der Waals surface area (Å²) in [6.45, 7) is 2.28. The Morgan fingerprint density at radius 2 is 2.29 bits per heavy atom. The molecule has 0 aromatic heterocycles. The zero-order valence-electron chi connectivity index (χ0n) is 8.56. The van der Waals surface area contributed by atoms with Crippen molar-refractivity contribution in [2.45, 2.75) is 11.8 Å². The predicted octanol–water partition coefficient (Wildman–Crippen LogP) is 2.42. The van der Waals surface area contributed by atoms with E-state index in [1.807, 2.05) is 25.1 Å². The summed E-state index contributed by atoms with van der Waals surface area (Å²) in [5, 5.41) is 8.88. The van der Waals surface area contributed by atoms with Gasteiger partial charge in [0.05, 0.1) is 7.11 Å². The summed E-state index contributed by atoms with van der Waals surface area (Å²) in [6, 6.07) is 7.97. The first kappa shape index (κ1) is 11.4. The van der Waals surface area contributed by atoms with Crippen LogP contribution in [0, 0.1) is 5.92 Å². The number of hydrogen-bond donors (Lipinski definition) is 1. The van der Waals surface area contributed by atoms with Gasteiger partial charge >= 0.3 is 0 Å². The molecule has 0 aliphatic carbocycles. The molecule has 78 valence electrons. The van der Waals surface area contributed by atoms with E-state index in [0.29, 0.717) is 5.92 Å². The lowest BCUT2D eigenvalue weighted by Gasteiger charge is -2.07. The second-order valence-electron chi connectivity index (χ2n) is 3.28. The second-order valence-corrected chi connectivity index (χ2v) is 4.37. The standard InChI is InChI=1S/C11H16O2S/c1-9(7-12)8-14-11-5-3-4-10(6-11)13-2/h3-6,9,12H,7-8H2,1-2H3. The maximum absolute atomic E-state index is 8.88. The summed E-state index contributed by atoms with van der Waals surface area (Å²) >= 11 is 1.74. The third-order valence-electron chi connectivity index (χ3n) is 1.89. The molecule has 0 saturated heterocycles. The number of aliphatic hydroxyl groups excluding tert-OH is 1. The summed E-state index contributed by atoms with van der Waals surface area (Å²) < 4.78 is 5.13. The Balaban J connectivity index is 2.50. The van der Waals surface area contributed by atoms with Crippen molar-refractivity contribution < 1.29 is 9.84 Å². The molecule has 0 heterocycles. The van der Waals surface area contributed by atoms with Crippen molar-refractivity contribution in [3.63, 3.8) is 0 Å². The van der Waals surface area contributed by atoms with Gasteiger partial charge in [0.15, 0.2) is 0 Å². The molecule has 0 fully saturated rings. The van der Waals surface area contributed by atoms with E-state index >= 15 is 0 Å². The molecular weight excluding hydrogens is 196 g/mol. The molecule has 0 radical (unpaired) electrons. The van der Waals surface area contributed by atoms with E-state index in [1.54, 1.807) is 18.9 Å². The lowest BCUT2D eigenvalue weighted by atomic mass is 10.2. The van der Waals surface area contributed by atoms with E-state index in [-0.39, 0.29) is 6.61 Å². The maximum atomic E-state index is 8.88. The van der Waals surface area contributed by atoms with Crippen LogP contribution in [0.15, 0.2) is 29.2 Å². The van der Waals surface area contributed by atoms with Crippen molar-refractivity contribution in [2.24, 2.45) is 5.92 Å². The largest absolute Gasteiger partial charge is 0.497 e. The zero-order valence-corrected chi connectivity index (χ0v) is 9.38. The van der Waals surface area contributed by atoms with Crippen LogP contribution in [0.3, 0.4) is 0 Å². The third kappa shape index (κ3) is 3.60. The summed E-state index contributed by atoms with van der Waals surface area (Å²) in [5.41, 5.74) is 0. The van der Waals surface area contributed by atoms with E-state index in [4.69, 9.17) is 9.84 Å². The average molecular weight is 212 g/mol. The van der Waals surface area contributed by atoms with Gasteiger partial charge in [0.2, 0.25) is 0 Å². The monoisotopic (exact) mass is 212 g/mol. The molecule has 1 aromatic rings. The average Bonchev–Trinajstić information content (AvgIpc) is 2.26. The van der Waals surface area contributed by atoms with Gasteiger partial charge in [-0.1, -0.05) is 13.0 Å². The highest BCUT2D eigenvalue weighted by Crippen LogP contribution is 2.24. The molecule has 1 N–H and O–H groups in total. The Labute approximate surface area is 89.3 Å². The van der Waals surface area contributed by atoms with Gasteiger partial charge in [-0.15, -0.1) is 11.8 Å². The number of hydrogen-bond acceptors (Lipinski definition) is 3. The SMILES string of the molecule is COc1cccc(SCC(C)CO)c1. The minimum atomic E-state index is 0.247. The van der Waals surface area contributed by atoms with Gasteiger partial charge in [-0.25, -0.2) is 0 Å². The van der Waals surface area contributed by atoms with Crippen LogP contribution in [0.2, 0.25) is 0 Å². The number of thioether (sulfide) groups is 1. The minimum Gasteiger partial charge on any atom is -0.497 e. The normalized spacial score (nSPS) is 12.5. The fraction of sp³-hybridized carbons (Fsp3) is 0.455. The van der Waals surface area contributed by atoms with Crippen LogP contribution in [-0.2, 0) is 0 Å². The Kier molecular flexibility index (Phi) is 4.84. The molecule has 0 spiro atoms. The van der Waals surface area contributed by atoms with E-state index in [1.165, 1.54) is 4.90 Å². The zero-order chi connectivity index (χ0) is 10.4. The Hall–Kier alpha value is -0.670.